The Balaban J connectivity index is 2.35. The molecular formula is C10H13NO2. The molecule has 0 amide bonds. The van der Waals surface area contributed by atoms with Crippen molar-refractivity contribution >= 4 is 0 Å². The van der Waals surface area contributed by atoms with Gasteiger partial charge >= 0.3 is 0 Å². The first kappa shape index (κ1) is 8.53. The van der Waals surface area contributed by atoms with Gasteiger partial charge in [-0.1, -0.05) is 17.7 Å². The lowest BCUT2D eigenvalue weighted by Crippen LogP contribution is -2.48. The molecule has 0 radical (unpaired) electrons. The topological polar surface area (TPSA) is 55.5 Å². The van der Waals surface area contributed by atoms with Crippen LogP contribution in [0, 0.1) is 6.92 Å². The van der Waals surface area contributed by atoms with E-state index in [9.17, 15) is 0 Å². The van der Waals surface area contributed by atoms with Gasteiger partial charge in [0, 0.05) is 6.42 Å². The van der Waals surface area contributed by atoms with Gasteiger partial charge in [-0.25, -0.2) is 0 Å². The second-order valence-electron chi connectivity index (χ2n) is 3.61. The van der Waals surface area contributed by atoms with Gasteiger partial charge in [-0.05, 0) is 18.6 Å². The predicted octanol–water partition coefficient (Wildman–Crippen LogP) is 0.577. The number of aryl methyl sites for hydroxylation is 1. The molecule has 70 valence electrons. The van der Waals surface area contributed by atoms with E-state index in [1.54, 1.807) is 0 Å². The summed E-state index contributed by atoms with van der Waals surface area (Å²) in [6, 6.07) is 5.91. The molecule has 1 unspecified atom stereocenters. The van der Waals surface area contributed by atoms with E-state index in [1.165, 1.54) is 5.56 Å². The van der Waals surface area contributed by atoms with Gasteiger partial charge in [0.15, 0.2) is 5.72 Å². The minimum atomic E-state index is -0.907. The molecule has 1 aliphatic rings. The second kappa shape index (κ2) is 2.72. The molecule has 3 N–H and O–H groups in total. The first-order chi connectivity index (χ1) is 6.13. The second-order valence-corrected chi connectivity index (χ2v) is 3.61. The van der Waals surface area contributed by atoms with Crippen LogP contribution in [0.5, 0.6) is 5.75 Å². The highest BCUT2D eigenvalue weighted by Crippen LogP contribution is 2.32. The van der Waals surface area contributed by atoms with E-state index in [4.69, 9.17) is 15.6 Å². The third kappa shape index (κ3) is 1.41. The number of fused-ring (bicyclic) bond motifs is 1. The van der Waals surface area contributed by atoms with Gasteiger partial charge in [-0.2, -0.15) is 0 Å². The molecule has 3 heteroatoms. The molecular weight excluding hydrogens is 166 g/mol. The van der Waals surface area contributed by atoms with Crippen molar-refractivity contribution in [2.75, 3.05) is 6.61 Å². The van der Waals surface area contributed by atoms with Crippen LogP contribution < -0.4 is 10.5 Å². The minimum absolute atomic E-state index is 0.152. The molecule has 1 heterocycles. The quantitative estimate of drug-likeness (QED) is 0.663. The Morgan fingerprint density at radius 3 is 3.08 bits per heavy atom. The number of hydrogen-bond donors (Lipinski definition) is 2. The van der Waals surface area contributed by atoms with Gasteiger partial charge in [-0.3, -0.25) is 5.73 Å². The van der Waals surface area contributed by atoms with Crippen LogP contribution in [0.25, 0.3) is 0 Å². The van der Waals surface area contributed by atoms with Crippen molar-refractivity contribution in [2.45, 2.75) is 19.1 Å². The number of hydrogen-bond acceptors (Lipinski definition) is 3. The van der Waals surface area contributed by atoms with Gasteiger partial charge in [0.25, 0.3) is 0 Å². The molecule has 1 aliphatic heterocycles. The summed E-state index contributed by atoms with van der Waals surface area (Å²) in [6.07, 6.45) is 0.584. The zero-order chi connectivity index (χ0) is 9.47. The smallest absolute Gasteiger partial charge is 0.185 e. The fourth-order valence-electron chi connectivity index (χ4n) is 1.61. The maximum Gasteiger partial charge on any atom is 0.185 e. The Hall–Kier alpha value is -1.06. The molecule has 1 atom stereocenters. The summed E-state index contributed by atoms with van der Waals surface area (Å²) < 4.78 is 5.43. The lowest BCUT2D eigenvalue weighted by Gasteiger charge is -2.20. The Morgan fingerprint density at radius 2 is 2.38 bits per heavy atom. The van der Waals surface area contributed by atoms with Crippen molar-refractivity contribution in [3.05, 3.63) is 29.3 Å². The molecule has 0 bridgehead atoms. The molecule has 2 rings (SSSR count). The standard InChI is InChI=1S/C10H13NO2/c1-7-2-3-9-8(4-7)5-10(11,6-12)13-9/h2-4,12H,5-6,11H2,1H3. The highest BCUT2D eigenvalue weighted by atomic mass is 16.5. The summed E-state index contributed by atoms with van der Waals surface area (Å²) in [4.78, 5) is 0. The minimum Gasteiger partial charge on any atom is -0.470 e. The maximum atomic E-state index is 9.02. The van der Waals surface area contributed by atoms with Gasteiger partial charge < -0.3 is 9.84 Å². The zero-order valence-corrected chi connectivity index (χ0v) is 7.58. The average molecular weight is 179 g/mol. The van der Waals surface area contributed by atoms with E-state index >= 15 is 0 Å². The highest BCUT2D eigenvalue weighted by Gasteiger charge is 2.34. The van der Waals surface area contributed by atoms with E-state index in [0.29, 0.717) is 6.42 Å². The molecule has 0 fully saturated rings. The third-order valence-corrected chi connectivity index (χ3v) is 2.29. The van der Waals surface area contributed by atoms with Crippen LogP contribution in [0.4, 0.5) is 0 Å². The van der Waals surface area contributed by atoms with Crippen LogP contribution in [-0.4, -0.2) is 17.4 Å². The molecule has 0 spiro atoms. The van der Waals surface area contributed by atoms with Crippen LogP contribution in [0.2, 0.25) is 0 Å². The van der Waals surface area contributed by atoms with Crippen LogP contribution in [0.15, 0.2) is 18.2 Å². The summed E-state index contributed by atoms with van der Waals surface area (Å²) >= 11 is 0. The molecule has 3 nitrogen and oxygen atoms in total. The molecule has 0 saturated heterocycles. The number of rotatable bonds is 1. The van der Waals surface area contributed by atoms with Crippen LogP contribution in [0.1, 0.15) is 11.1 Å². The van der Waals surface area contributed by atoms with E-state index in [0.717, 1.165) is 11.3 Å². The summed E-state index contributed by atoms with van der Waals surface area (Å²) in [5, 5.41) is 9.02. The summed E-state index contributed by atoms with van der Waals surface area (Å²) in [6.45, 7) is 1.87. The molecule has 0 aromatic heterocycles. The molecule has 1 aromatic rings. The SMILES string of the molecule is Cc1ccc2c(c1)CC(N)(CO)O2. The fourth-order valence-corrected chi connectivity index (χ4v) is 1.61. The van der Waals surface area contributed by atoms with Crippen molar-refractivity contribution in [3.8, 4) is 5.75 Å². The Labute approximate surface area is 77.1 Å². The number of benzene rings is 1. The van der Waals surface area contributed by atoms with Crippen molar-refractivity contribution in [1.29, 1.82) is 0 Å². The van der Waals surface area contributed by atoms with Crippen molar-refractivity contribution in [1.82, 2.24) is 0 Å². The van der Waals surface area contributed by atoms with E-state index in [-0.39, 0.29) is 6.61 Å². The fraction of sp³-hybridized carbons (Fsp3) is 0.400. The highest BCUT2D eigenvalue weighted by molar-refractivity contribution is 5.41. The molecule has 0 saturated carbocycles. The number of aliphatic hydroxyl groups is 1. The van der Waals surface area contributed by atoms with Gasteiger partial charge in [0.2, 0.25) is 0 Å². The number of aliphatic hydroxyl groups excluding tert-OH is 1. The van der Waals surface area contributed by atoms with Crippen LogP contribution in [0.3, 0.4) is 0 Å². The van der Waals surface area contributed by atoms with Gasteiger partial charge in [-0.15, -0.1) is 0 Å². The zero-order valence-electron chi connectivity index (χ0n) is 7.58. The van der Waals surface area contributed by atoms with Crippen molar-refractivity contribution in [3.63, 3.8) is 0 Å². The number of nitrogens with two attached hydrogens (primary N) is 1. The Bertz CT molecular complexity index is 338. The molecule has 1 aromatic carbocycles. The summed E-state index contributed by atoms with van der Waals surface area (Å²) in [5.41, 5.74) is 7.14. The Morgan fingerprint density at radius 1 is 1.62 bits per heavy atom. The third-order valence-electron chi connectivity index (χ3n) is 2.29. The van der Waals surface area contributed by atoms with Crippen LogP contribution in [-0.2, 0) is 6.42 Å². The van der Waals surface area contributed by atoms with Crippen LogP contribution >= 0.6 is 0 Å². The number of ether oxygens (including phenoxy) is 1. The Kier molecular flexibility index (Phi) is 1.78. The largest absolute Gasteiger partial charge is 0.470 e. The predicted molar refractivity (Wildman–Crippen MR) is 49.5 cm³/mol. The summed E-state index contributed by atoms with van der Waals surface area (Å²) in [5.74, 6) is 0.794. The van der Waals surface area contributed by atoms with E-state index < -0.39 is 5.72 Å². The van der Waals surface area contributed by atoms with Gasteiger partial charge in [0.1, 0.15) is 5.75 Å². The lowest BCUT2D eigenvalue weighted by molar-refractivity contribution is 0.0338. The van der Waals surface area contributed by atoms with Gasteiger partial charge in [0.05, 0.1) is 6.61 Å². The molecule has 0 aliphatic carbocycles. The first-order valence-electron chi connectivity index (χ1n) is 4.31. The normalized spacial score (nSPS) is 25.5. The molecule has 13 heavy (non-hydrogen) atoms. The van der Waals surface area contributed by atoms with E-state index in [1.807, 2.05) is 25.1 Å². The van der Waals surface area contributed by atoms with E-state index in [2.05, 4.69) is 0 Å². The first-order valence-corrected chi connectivity index (χ1v) is 4.31. The van der Waals surface area contributed by atoms with Crippen molar-refractivity contribution < 1.29 is 9.84 Å². The lowest BCUT2D eigenvalue weighted by atomic mass is 10.0. The average Bonchev–Trinajstić information content (AvgIpc) is 2.42. The summed E-state index contributed by atoms with van der Waals surface area (Å²) in [7, 11) is 0. The monoisotopic (exact) mass is 179 g/mol. The maximum absolute atomic E-state index is 9.02. The van der Waals surface area contributed by atoms with Crippen molar-refractivity contribution in [2.24, 2.45) is 5.73 Å².